The molecule has 0 spiro atoms. The Hall–Kier alpha value is -2.49. The number of carbonyl (C=O) groups is 1. The summed E-state index contributed by atoms with van der Waals surface area (Å²) in [6.45, 7) is 4.08. The van der Waals surface area contributed by atoms with Gasteiger partial charge in [-0.2, -0.15) is 0 Å². The van der Waals surface area contributed by atoms with Crippen LogP contribution in [0.15, 0.2) is 48.5 Å². The molecule has 23 heavy (non-hydrogen) atoms. The first kappa shape index (κ1) is 16.9. The second-order valence-corrected chi connectivity index (χ2v) is 5.41. The van der Waals surface area contributed by atoms with Crippen molar-refractivity contribution in [3.63, 3.8) is 0 Å². The Kier molecular flexibility index (Phi) is 6.03. The summed E-state index contributed by atoms with van der Waals surface area (Å²) in [5, 5.41) is 3.01. The summed E-state index contributed by atoms with van der Waals surface area (Å²) in [6, 6.07) is 15.4. The van der Waals surface area contributed by atoms with E-state index >= 15 is 0 Å². The second-order valence-electron chi connectivity index (χ2n) is 5.41. The molecule has 0 aromatic heterocycles. The highest BCUT2D eigenvalue weighted by atomic mass is 16.5. The van der Waals surface area contributed by atoms with Gasteiger partial charge in [-0.25, -0.2) is 0 Å². The lowest BCUT2D eigenvalue weighted by atomic mass is 10.0. The van der Waals surface area contributed by atoms with Crippen molar-refractivity contribution in [2.75, 3.05) is 13.7 Å². The Morgan fingerprint density at radius 3 is 2.48 bits per heavy atom. The smallest absolute Gasteiger partial charge is 0.258 e. The van der Waals surface area contributed by atoms with Crippen LogP contribution in [-0.2, 0) is 4.79 Å². The van der Waals surface area contributed by atoms with E-state index in [1.165, 1.54) is 5.56 Å². The van der Waals surface area contributed by atoms with Crippen LogP contribution in [0.25, 0.3) is 0 Å². The van der Waals surface area contributed by atoms with Crippen LogP contribution in [-0.4, -0.2) is 19.6 Å². The molecule has 4 heteroatoms. The molecule has 1 N–H and O–H groups in total. The van der Waals surface area contributed by atoms with Crippen molar-refractivity contribution in [3.05, 3.63) is 59.7 Å². The number of nitrogens with one attached hydrogen (secondary N) is 1. The molecule has 1 unspecified atom stereocenters. The first-order valence-corrected chi connectivity index (χ1v) is 7.75. The molecule has 0 fully saturated rings. The minimum atomic E-state index is -0.139. The van der Waals surface area contributed by atoms with Crippen molar-refractivity contribution in [2.24, 2.45) is 0 Å². The normalized spacial score (nSPS) is 11.6. The van der Waals surface area contributed by atoms with Crippen molar-refractivity contribution in [1.82, 2.24) is 5.32 Å². The van der Waals surface area contributed by atoms with E-state index in [0.29, 0.717) is 11.5 Å². The van der Waals surface area contributed by atoms with Crippen molar-refractivity contribution >= 4 is 5.91 Å². The third-order valence-corrected chi connectivity index (χ3v) is 3.63. The van der Waals surface area contributed by atoms with E-state index in [1.54, 1.807) is 19.2 Å². The second kappa shape index (κ2) is 8.22. The van der Waals surface area contributed by atoms with Crippen LogP contribution in [0.1, 0.15) is 30.5 Å². The minimum absolute atomic E-state index is 0.00277. The molecular weight excluding hydrogens is 290 g/mol. The Labute approximate surface area is 137 Å². The van der Waals surface area contributed by atoms with Crippen LogP contribution in [0.4, 0.5) is 0 Å². The van der Waals surface area contributed by atoms with E-state index in [1.807, 2.05) is 38.1 Å². The summed E-state index contributed by atoms with van der Waals surface area (Å²) >= 11 is 0. The molecule has 0 bridgehead atoms. The number of rotatable bonds is 7. The van der Waals surface area contributed by atoms with Gasteiger partial charge in [0.1, 0.15) is 11.5 Å². The molecule has 0 heterocycles. The van der Waals surface area contributed by atoms with Crippen molar-refractivity contribution in [2.45, 2.75) is 26.3 Å². The van der Waals surface area contributed by atoms with Crippen LogP contribution in [0, 0.1) is 6.92 Å². The molecule has 122 valence electrons. The van der Waals surface area contributed by atoms with E-state index in [0.717, 1.165) is 12.0 Å². The Balaban J connectivity index is 1.90. The molecule has 1 amide bonds. The van der Waals surface area contributed by atoms with E-state index in [-0.39, 0.29) is 18.6 Å². The molecule has 0 saturated carbocycles. The van der Waals surface area contributed by atoms with Gasteiger partial charge in [-0.1, -0.05) is 42.8 Å². The number of hydrogen-bond acceptors (Lipinski definition) is 3. The average molecular weight is 313 g/mol. The number of benzene rings is 2. The highest BCUT2D eigenvalue weighted by molar-refractivity contribution is 5.78. The third-order valence-electron chi connectivity index (χ3n) is 3.63. The van der Waals surface area contributed by atoms with Gasteiger partial charge in [0.2, 0.25) is 0 Å². The number of carbonyl (C=O) groups excluding carboxylic acids is 1. The minimum Gasteiger partial charge on any atom is -0.497 e. The predicted octanol–water partition coefficient (Wildman–Crippen LogP) is 3.65. The molecule has 0 saturated heterocycles. The first-order valence-electron chi connectivity index (χ1n) is 7.75. The molecule has 0 aliphatic heterocycles. The zero-order chi connectivity index (χ0) is 16.7. The van der Waals surface area contributed by atoms with Gasteiger partial charge in [0.05, 0.1) is 13.2 Å². The zero-order valence-corrected chi connectivity index (χ0v) is 13.8. The van der Waals surface area contributed by atoms with E-state index in [2.05, 4.69) is 17.4 Å². The van der Waals surface area contributed by atoms with Gasteiger partial charge in [0, 0.05) is 6.07 Å². The maximum atomic E-state index is 12.1. The lowest BCUT2D eigenvalue weighted by molar-refractivity contribution is -0.123. The standard InChI is InChI=1S/C19H23NO3/c1-4-18(15-10-8-14(2)9-11-15)20-19(21)13-23-17-7-5-6-16(12-17)22-3/h5-12,18H,4,13H2,1-3H3,(H,20,21). The van der Waals surface area contributed by atoms with Gasteiger partial charge in [-0.15, -0.1) is 0 Å². The van der Waals surface area contributed by atoms with Gasteiger partial charge in [0.25, 0.3) is 5.91 Å². The molecule has 4 nitrogen and oxygen atoms in total. The fourth-order valence-electron chi connectivity index (χ4n) is 2.30. The number of amides is 1. The Bertz CT molecular complexity index is 637. The molecule has 0 radical (unpaired) electrons. The summed E-state index contributed by atoms with van der Waals surface area (Å²) in [5.74, 6) is 1.18. The lowest BCUT2D eigenvalue weighted by Crippen LogP contribution is -2.32. The maximum absolute atomic E-state index is 12.1. The van der Waals surface area contributed by atoms with Crippen LogP contribution in [0.5, 0.6) is 11.5 Å². The lowest BCUT2D eigenvalue weighted by Gasteiger charge is -2.18. The summed E-state index contributed by atoms with van der Waals surface area (Å²) < 4.78 is 10.6. The molecule has 2 aromatic carbocycles. The number of aryl methyl sites for hydroxylation is 1. The van der Waals surface area contributed by atoms with Crippen molar-refractivity contribution < 1.29 is 14.3 Å². The fourth-order valence-corrected chi connectivity index (χ4v) is 2.30. The van der Waals surface area contributed by atoms with Crippen LogP contribution in [0.2, 0.25) is 0 Å². The molecular formula is C19H23NO3. The van der Waals surface area contributed by atoms with Crippen LogP contribution < -0.4 is 14.8 Å². The predicted molar refractivity (Wildman–Crippen MR) is 90.8 cm³/mol. The summed E-state index contributed by atoms with van der Waals surface area (Å²) in [5.41, 5.74) is 2.31. The van der Waals surface area contributed by atoms with E-state index < -0.39 is 0 Å². The quantitative estimate of drug-likeness (QED) is 0.849. The maximum Gasteiger partial charge on any atom is 0.258 e. The molecule has 2 rings (SSSR count). The molecule has 2 aromatic rings. The largest absolute Gasteiger partial charge is 0.497 e. The van der Waals surface area contributed by atoms with Gasteiger partial charge >= 0.3 is 0 Å². The summed E-state index contributed by atoms with van der Waals surface area (Å²) in [4.78, 5) is 12.1. The molecule has 0 aliphatic carbocycles. The van der Waals surface area contributed by atoms with Crippen molar-refractivity contribution in [1.29, 1.82) is 0 Å². The van der Waals surface area contributed by atoms with Gasteiger partial charge in [0.15, 0.2) is 6.61 Å². The van der Waals surface area contributed by atoms with Crippen LogP contribution >= 0.6 is 0 Å². The highest BCUT2D eigenvalue weighted by Gasteiger charge is 2.13. The summed E-state index contributed by atoms with van der Waals surface area (Å²) in [7, 11) is 1.60. The number of hydrogen-bond donors (Lipinski definition) is 1. The van der Waals surface area contributed by atoms with E-state index in [4.69, 9.17) is 9.47 Å². The van der Waals surface area contributed by atoms with Gasteiger partial charge in [-0.05, 0) is 31.0 Å². The SMILES string of the molecule is CCC(NC(=O)COc1cccc(OC)c1)c1ccc(C)cc1. The monoisotopic (exact) mass is 313 g/mol. The fraction of sp³-hybridized carbons (Fsp3) is 0.316. The number of methoxy groups -OCH3 is 1. The van der Waals surface area contributed by atoms with Crippen LogP contribution in [0.3, 0.4) is 0 Å². The Morgan fingerprint density at radius 1 is 1.13 bits per heavy atom. The summed E-state index contributed by atoms with van der Waals surface area (Å²) in [6.07, 6.45) is 0.827. The van der Waals surface area contributed by atoms with E-state index in [9.17, 15) is 4.79 Å². The first-order chi connectivity index (χ1) is 11.1. The third kappa shape index (κ3) is 5.02. The van der Waals surface area contributed by atoms with Gasteiger partial charge < -0.3 is 14.8 Å². The van der Waals surface area contributed by atoms with Crippen molar-refractivity contribution in [3.8, 4) is 11.5 Å². The highest BCUT2D eigenvalue weighted by Crippen LogP contribution is 2.19. The topological polar surface area (TPSA) is 47.6 Å². The average Bonchev–Trinajstić information content (AvgIpc) is 2.59. The zero-order valence-electron chi connectivity index (χ0n) is 13.8. The number of ether oxygens (including phenoxy) is 2. The molecule has 0 aliphatic rings. The molecule has 1 atom stereocenters. The van der Waals surface area contributed by atoms with Gasteiger partial charge in [-0.3, -0.25) is 4.79 Å². The Morgan fingerprint density at radius 2 is 1.83 bits per heavy atom.